The van der Waals surface area contributed by atoms with Crippen LogP contribution in [0, 0.1) is 5.92 Å². The lowest BCUT2D eigenvalue weighted by Gasteiger charge is -2.34. The SMILES string of the molecule is CCN(CC)[C@@H](C(=O)N1CCC[C@H]1c1ncc(-c2ccc(Oc3cccc(-c4cnc([C@@H]5CS(C)(C)CN5C(=O)[C@@H](NC(=O)OC)C(C)C)[nH]4)c3)cc2)[nH]1)c1ccccc1. The normalized spacial score (nSPS) is 19.0. The first-order valence-corrected chi connectivity index (χ1v) is 23.6. The first-order chi connectivity index (χ1) is 28.9. The van der Waals surface area contributed by atoms with Crippen LogP contribution >= 0.6 is 10.0 Å². The highest BCUT2D eigenvalue weighted by molar-refractivity contribution is 8.32. The van der Waals surface area contributed by atoms with Gasteiger partial charge in [0.15, 0.2) is 0 Å². The van der Waals surface area contributed by atoms with Crippen LogP contribution in [0.1, 0.15) is 75.9 Å². The van der Waals surface area contributed by atoms with Crippen molar-refractivity contribution in [3.05, 3.63) is 108 Å². The molecule has 14 heteroatoms. The maximum absolute atomic E-state index is 14.2. The molecule has 2 aromatic heterocycles. The average Bonchev–Trinajstić information content (AvgIpc) is 4.09. The third-order valence-corrected chi connectivity index (χ3v) is 13.8. The van der Waals surface area contributed by atoms with Gasteiger partial charge < -0.3 is 34.6 Å². The Hall–Kier alpha value is -5.60. The van der Waals surface area contributed by atoms with Gasteiger partial charge >= 0.3 is 6.09 Å². The number of aromatic nitrogens is 4. The van der Waals surface area contributed by atoms with Gasteiger partial charge in [-0.3, -0.25) is 14.5 Å². The van der Waals surface area contributed by atoms with E-state index in [1.165, 1.54) is 7.11 Å². The lowest BCUT2D eigenvalue weighted by atomic mass is 10.0. The number of benzene rings is 3. The van der Waals surface area contributed by atoms with E-state index in [0.29, 0.717) is 29.7 Å². The summed E-state index contributed by atoms with van der Waals surface area (Å²) >= 11 is 0. The number of hydrogen-bond donors (Lipinski definition) is 3. The molecular weight excluding hydrogens is 777 g/mol. The summed E-state index contributed by atoms with van der Waals surface area (Å²) in [6.45, 7) is 10.3. The van der Waals surface area contributed by atoms with Crippen molar-refractivity contribution in [2.75, 3.05) is 50.9 Å². The van der Waals surface area contributed by atoms with Gasteiger partial charge in [-0.1, -0.05) is 70.2 Å². The van der Waals surface area contributed by atoms with Crippen molar-refractivity contribution in [1.29, 1.82) is 0 Å². The van der Waals surface area contributed by atoms with Crippen LogP contribution in [0.25, 0.3) is 22.5 Å². The van der Waals surface area contributed by atoms with E-state index >= 15 is 0 Å². The van der Waals surface area contributed by atoms with E-state index in [-0.39, 0.29) is 35.9 Å². The summed E-state index contributed by atoms with van der Waals surface area (Å²) in [5, 5.41) is 2.74. The lowest BCUT2D eigenvalue weighted by molar-refractivity contribution is -0.138. The van der Waals surface area contributed by atoms with E-state index < -0.39 is 22.2 Å². The van der Waals surface area contributed by atoms with Crippen LogP contribution in [0.15, 0.2) is 91.3 Å². The van der Waals surface area contributed by atoms with E-state index in [4.69, 9.17) is 19.4 Å². The molecule has 0 radical (unpaired) electrons. The zero-order chi connectivity index (χ0) is 42.6. The molecule has 2 aliphatic rings. The summed E-state index contributed by atoms with van der Waals surface area (Å²) in [6.07, 6.45) is 9.24. The smallest absolute Gasteiger partial charge is 0.407 e. The van der Waals surface area contributed by atoms with Crippen molar-refractivity contribution < 1.29 is 23.9 Å². The molecule has 0 saturated carbocycles. The van der Waals surface area contributed by atoms with Crippen LogP contribution in [0.3, 0.4) is 0 Å². The Bertz CT molecular complexity index is 2250. The molecule has 7 rings (SSSR count). The van der Waals surface area contributed by atoms with Gasteiger partial charge in [0.1, 0.15) is 35.2 Å². The van der Waals surface area contributed by atoms with E-state index in [1.807, 2.05) is 109 Å². The molecule has 0 unspecified atom stereocenters. The van der Waals surface area contributed by atoms with Gasteiger partial charge in [0.25, 0.3) is 0 Å². The van der Waals surface area contributed by atoms with Gasteiger partial charge in [-0.25, -0.2) is 24.8 Å². The number of nitrogens with one attached hydrogen (secondary N) is 3. The number of H-pyrrole nitrogens is 2. The maximum atomic E-state index is 14.2. The van der Waals surface area contributed by atoms with Gasteiger partial charge in [0.05, 0.1) is 48.9 Å². The Kier molecular flexibility index (Phi) is 13.0. The monoisotopic (exact) mass is 834 g/mol. The number of alkyl carbamates (subject to hydrolysis) is 1. The highest BCUT2D eigenvalue weighted by Gasteiger charge is 2.43. The maximum Gasteiger partial charge on any atom is 0.407 e. The van der Waals surface area contributed by atoms with Crippen molar-refractivity contribution >= 4 is 27.9 Å². The Labute approximate surface area is 354 Å². The molecule has 0 spiro atoms. The molecule has 318 valence electrons. The first-order valence-electron chi connectivity index (χ1n) is 20.8. The molecule has 4 atom stereocenters. The highest BCUT2D eigenvalue weighted by atomic mass is 32.3. The number of methoxy groups -OCH3 is 1. The summed E-state index contributed by atoms with van der Waals surface area (Å²) in [4.78, 5) is 62.9. The number of rotatable bonds is 14. The molecule has 3 N–H and O–H groups in total. The van der Waals surface area contributed by atoms with Crippen LogP contribution < -0.4 is 10.1 Å². The number of nitrogens with zero attached hydrogens (tertiary/aromatic N) is 5. The number of likely N-dealkylation sites (N-methyl/N-ethyl adjacent to an activating group) is 1. The second-order valence-corrected chi connectivity index (χ2v) is 20.6. The minimum Gasteiger partial charge on any atom is -0.457 e. The van der Waals surface area contributed by atoms with Crippen molar-refractivity contribution in [2.45, 2.75) is 64.7 Å². The Morgan fingerprint density at radius 2 is 1.50 bits per heavy atom. The number of ether oxygens (including phenoxy) is 2. The van der Waals surface area contributed by atoms with Crippen LogP contribution in [0.4, 0.5) is 4.79 Å². The second-order valence-electron chi connectivity index (χ2n) is 16.5. The summed E-state index contributed by atoms with van der Waals surface area (Å²) < 4.78 is 11.1. The summed E-state index contributed by atoms with van der Waals surface area (Å²) in [5.74, 6) is 4.15. The number of likely N-dealkylation sites (tertiary alicyclic amines) is 1. The number of hydrogen-bond acceptors (Lipinski definition) is 8. The molecule has 0 aliphatic carbocycles. The van der Waals surface area contributed by atoms with Crippen LogP contribution in [-0.2, 0) is 14.3 Å². The number of imidazole rings is 2. The van der Waals surface area contributed by atoms with Crippen LogP contribution in [0.5, 0.6) is 11.5 Å². The van der Waals surface area contributed by atoms with Crippen molar-refractivity contribution in [2.24, 2.45) is 5.92 Å². The van der Waals surface area contributed by atoms with Gasteiger partial charge in [0.2, 0.25) is 11.8 Å². The minimum atomic E-state index is -1.11. The fraction of sp³-hybridized carbons (Fsp3) is 0.413. The predicted octanol–water partition coefficient (Wildman–Crippen LogP) is 8.29. The van der Waals surface area contributed by atoms with Gasteiger partial charge in [-0.05, 0) is 91.9 Å². The molecule has 2 saturated heterocycles. The summed E-state index contributed by atoms with van der Waals surface area (Å²) in [7, 11) is 0.185. The van der Waals surface area contributed by atoms with Crippen molar-refractivity contribution in [3.8, 4) is 34.0 Å². The molecule has 60 heavy (non-hydrogen) atoms. The Morgan fingerprint density at radius 3 is 2.15 bits per heavy atom. The molecular formula is C46H58N8O5S. The van der Waals surface area contributed by atoms with Crippen LogP contribution in [-0.4, -0.2) is 109 Å². The fourth-order valence-corrected chi connectivity index (χ4v) is 10.8. The largest absolute Gasteiger partial charge is 0.457 e. The highest BCUT2D eigenvalue weighted by Crippen LogP contribution is 2.52. The predicted molar refractivity (Wildman–Crippen MR) is 237 cm³/mol. The second kappa shape index (κ2) is 18.3. The van der Waals surface area contributed by atoms with Gasteiger partial charge in [-0.15, -0.1) is 0 Å². The standard InChI is InChI=1S/C46H58N8O5S/c1-8-52(9-2)41(32-15-11-10-12-16-32)45(56)53-24-14-19-38(53)42-47-26-36(49-42)31-20-22-34(23-21-31)59-35-18-13-17-33(25-35)37-27-48-43(50-37)39-28-60(6,7)29-54(39)44(55)40(30(3)4)51-46(57)58-5/h10-13,15-18,20-23,25-27,30,38-41H,8-9,14,19,24,28-29H2,1-7H3,(H,47,49)(H,48,50)(H,51,57)/t38-,39-,40-,41+/m0/s1. The third kappa shape index (κ3) is 9.24. The van der Waals surface area contributed by atoms with Crippen molar-refractivity contribution in [1.82, 2.24) is 40.0 Å². The molecule has 3 aromatic carbocycles. The molecule has 2 fully saturated rings. The lowest BCUT2D eigenvalue weighted by Crippen LogP contribution is -2.51. The van der Waals surface area contributed by atoms with Gasteiger partial charge in [-0.2, -0.15) is 0 Å². The van der Waals surface area contributed by atoms with Crippen molar-refractivity contribution in [3.63, 3.8) is 0 Å². The third-order valence-electron chi connectivity index (χ3n) is 11.6. The van der Waals surface area contributed by atoms with Gasteiger partial charge in [0, 0.05) is 17.9 Å². The fourth-order valence-electron chi connectivity index (χ4n) is 8.43. The molecule has 5 aromatic rings. The van der Waals surface area contributed by atoms with E-state index in [9.17, 15) is 14.4 Å². The summed E-state index contributed by atoms with van der Waals surface area (Å²) in [6, 6.07) is 24.4. The Balaban J connectivity index is 1.02. The Morgan fingerprint density at radius 1 is 0.833 bits per heavy atom. The quantitative estimate of drug-likeness (QED) is 0.101. The average molecular weight is 835 g/mol. The molecule has 3 amide bonds. The van der Waals surface area contributed by atoms with E-state index in [2.05, 4.69) is 46.5 Å². The zero-order valence-corrected chi connectivity index (χ0v) is 36.5. The first kappa shape index (κ1) is 42.5. The molecule has 0 bridgehead atoms. The van der Waals surface area contributed by atoms with E-state index in [1.54, 1.807) is 6.20 Å². The molecule has 2 aliphatic heterocycles. The van der Waals surface area contributed by atoms with E-state index in [0.717, 1.165) is 65.6 Å². The number of amides is 3. The van der Waals surface area contributed by atoms with Crippen LogP contribution in [0.2, 0.25) is 0 Å². The number of carbonyl (C=O) groups excluding carboxylic acids is 3. The molecule has 13 nitrogen and oxygen atoms in total. The summed E-state index contributed by atoms with van der Waals surface area (Å²) in [5.41, 5.74) is 4.57. The minimum absolute atomic E-state index is 0.117. The number of carbonyl (C=O) groups is 3. The molecule has 4 heterocycles. The topological polar surface area (TPSA) is 149 Å². The zero-order valence-electron chi connectivity index (χ0n) is 35.7. The number of aromatic amines is 2.